The third-order valence-corrected chi connectivity index (χ3v) is 7.87. The minimum atomic E-state index is -5.78. The molecule has 0 radical (unpaired) electrons. The van der Waals surface area contributed by atoms with Crippen molar-refractivity contribution in [2.24, 2.45) is 11.8 Å². The van der Waals surface area contributed by atoms with Gasteiger partial charge in [0, 0.05) is 18.2 Å². The maximum atomic E-state index is 12.8. The van der Waals surface area contributed by atoms with Gasteiger partial charge in [-0.05, 0) is 80.7 Å². The van der Waals surface area contributed by atoms with Gasteiger partial charge in [0.2, 0.25) is 0 Å². The third-order valence-electron chi connectivity index (χ3n) is 6.89. The first-order valence-electron chi connectivity index (χ1n) is 10.2. The Balaban J connectivity index is 1.97. The highest BCUT2D eigenvalue weighted by molar-refractivity contribution is 7.88. The van der Waals surface area contributed by atoms with Gasteiger partial charge in [-0.3, -0.25) is 4.79 Å². The number of alkyl halides is 3. The van der Waals surface area contributed by atoms with Crippen LogP contribution in [0.15, 0.2) is 18.2 Å². The smallest absolute Gasteiger partial charge is 0.376 e. The lowest BCUT2D eigenvalue weighted by Crippen LogP contribution is -2.53. The number of halogens is 3. The standard InChI is InChI=1S/C21H28F3NO4S/c1-13-14(2)25(12-16-5-6-16)10-9-20(13,4)19-11-17(7-8-18(19)15(3)26)29-30(27,28)21(22,23)24/h7-8,11,13-14,16H,5-6,9-10,12H2,1-4H3/t13-,14+,20?/m0/s1. The van der Waals surface area contributed by atoms with Gasteiger partial charge in [0.05, 0.1) is 0 Å². The van der Waals surface area contributed by atoms with E-state index in [0.29, 0.717) is 17.5 Å². The lowest BCUT2D eigenvalue weighted by Gasteiger charge is -2.50. The number of likely N-dealkylation sites (tertiary alicyclic amines) is 1. The second-order valence-corrected chi connectivity index (χ2v) is 10.4. The molecule has 1 aliphatic carbocycles. The van der Waals surface area contributed by atoms with E-state index in [2.05, 4.69) is 22.9 Å². The molecule has 9 heteroatoms. The summed E-state index contributed by atoms with van der Waals surface area (Å²) in [6.07, 6.45) is 3.20. The number of rotatable bonds is 6. The molecule has 1 aromatic carbocycles. The zero-order valence-electron chi connectivity index (χ0n) is 17.6. The Morgan fingerprint density at radius 2 is 1.90 bits per heavy atom. The molecule has 168 valence electrons. The van der Waals surface area contributed by atoms with Gasteiger partial charge in [-0.1, -0.05) is 13.8 Å². The van der Waals surface area contributed by atoms with Gasteiger partial charge in [0.15, 0.2) is 5.78 Å². The van der Waals surface area contributed by atoms with Crippen LogP contribution in [0.1, 0.15) is 62.9 Å². The van der Waals surface area contributed by atoms with E-state index in [9.17, 15) is 26.4 Å². The number of carbonyl (C=O) groups excluding carboxylic acids is 1. The van der Waals surface area contributed by atoms with Gasteiger partial charge in [-0.15, -0.1) is 0 Å². The van der Waals surface area contributed by atoms with E-state index in [-0.39, 0.29) is 17.7 Å². The van der Waals surface area contributed by atoms with Crippen LogP contribution in [-0.4, -0.2) is 43.7 Å². The highest BCUT2D eigenvalue weighted by atomic mass is 32.2. The number of hydrogen-bond donors (Lipinski definition) is 0. The fraction of sp³-hybridized carbons (Fsp3) is 0.667. The van der Waals surface area contributed by atoms with Crippen LogP contribution < -0.4 is 4.18 Å². The lowest BCUT2D eigenvalue weighted by atomic mass is 9.64. The van der Waals surface area contributed by atoms with E-state index in [4.69, 9.17) is 0 Å². The van der Waals surface area contributed by atoms with Crippen molar-refractivity contribution in [2.45, 2.75) is 63.9 Å². The van der Waals surface area contributed by atoms with Gasteiger partial charge in [0.25, 0.3) is 0 Å². The summed E-state index contributed by atoms with van der Waals surface area (Å²) in [5, 5.41) is 0. The van der Waals surface area contributed by atoms with Crippen molar-refractivity contribution in [1.82, 2.24) is 4.90 Å². The van der Waals surface area contributed by atoms with Crippen LogP contribution in [0.5, 0.6) is 5.75 Å². The summed E-state index contributed by atoms with van der Waals surface area (Å²) >= 11 is 0. The Kier molecular flexibility index (Phi) is 6.01. The van der Waals surface area contributed by atoms with Gasteiger partial charge in [-0.2, -0.15) is 21.6 Å². The van der Waals surface area contributed by atoms with Crippen LogP contribution >= 0.6 is 0 Å². The molecule has 3 atom stereocenters. The average Bonchev–Trinajstić information content (AvgIpc) is 3.45. The summed E-state index contributed by atoms with van der Waals surface area (Å²) in [5.41, 5.74) is -5.12. The number of ketones is 1. The molecule has 2 fully saturated rings. The Labute approximate surface area is 175 Å². The summed E-state index contributed by atoms with van der Waals surface area (Å²) in [7, 11) is -5.78. The topological polar surface area (TPSA) is 63.7 Å². The monoisotopic (exact) mass is 447 g/mol. The second kappa shape index (κ2) is 7.82. The molecular weight excluding hydrogens is 419 g/mol. The third kappa shape index (κ3) is 4.37. The number of nitrogens with zero attached hydrogens (tertiary/aromatic N) is 1. The molecule has 5 nitrogen and oxygen atoms in total. The van der Waals surface area contributed by atoms with Crippen LogP contribution in [0.2, 0.25) is 0 Å². The molecule has 0 spiro atoms. The molecular formula is C21H28F3NO4S. The number of carbonyl (C=O) groups is 1. The highest BCUT2D eigenvalue weighted by Gasteiger charge is 2.49. The van der Waals surface area contributed by atoms with Crippen LogP contribution in [-0.2, 0) is 15.5 Å². The molecule has 2 aliphatic rings. The molecule has 1 heterocycles. The predicted molar refractivity (Wildman–Crippen MR) is 107 cm³/mol. The number of piperidine rings is 1. The van der Waals surface area contributed by atoms with Gasteiger partial charge in [-0.25, -0.2) is 0 Å². The van der Waals surface area contributed by atoms with E-state index < -0.39 is 26.8 Å². The molecule has 30 heavy (non-hydrogen) atoms. The average molecular weight is 448 g/mol. The van der Waals surface area contributed by atoms with Crippen molar-refractivity contribution in [2.75, 3.05) is 13.1 Å². The number of benzene rings is 1. The normalized spacial score (nSPS) is 28.4. The minimum absolute atomic E-state index is 0.0950. The summed E-state index contributed by atoms with van der Waals surface area (Å²) in [6.45, 7) is 9.44. The van der Waals surface area contributed by atoms with Crippen molar-refractivity contribution < 1.29 is 30.6 Å². The Morgan fingerprint density at radius 3 is 2.43 bits per heavy atom. The molecule has 1 saturated carbocycles. The zero-order valence-corrected chi connectivity index (χ0v) is 18.4. The predicted octanol–water partition coefficient (Wildman–Crippen LogP) is 4.52. The molecule has 0 amide bonds. The van der Waals surface area contributed by atoms with Crippen molar-refractivity contribution in [3.8, 4) is 5.75 Å². The molecule has 1 aromatic rings. The fourth-order valence-electron chi connectivity index (χ4n) is 4.45. The van der Waals surface area contributed by atoms with Gasteiger partial charge >= 0.3 is 15.6 Å². The summed E-state index contributed by atoms with van der Waals surface area (Å²) in [6, 6.07) is 3.97. The molecule has 1 aliphatic heterocycles. The summed E-state index contributed by atoms with van der Waals surface area (Å²) < 4.78 is 65.5. The highest BCUT2D eigenvalue weighted by Crippen LogP contribution is 2.46. The zero-order chi connectivity index (χ0) is 22.5. The second-order valence-electron chi connectivity index (χ2n) is 8.88. The Bertz CT molecular complexity index is 927. The first-order valence-corrected chi connectivity index (χ1v) is 11.6. The van der Waals surface area contributed by atoms with Crippen molar-refractivity contribution in [1.29, 1.82) is 0 Å². The quantitative estimate of drug-likeness (QED) is 0.365. The molecule has 1 saturated heterocycles. The SMILES string of the molecule is CC(=O)c1ccc(OS(=O)(=O)C(F)(F)F)cc1C1(C)CCN(CC2CC2)[C@H](C)[C@@H]1C. The van der Waals surface area contributed by atoms with Crippen molar-refractivity contribution in [3.05, 3.63) is 29.3 Å². The summed E-state index contributed by atoms with van der Waals surface area (Å²) in [5.74, 6) is 0.171. The molecule has 1 unspecified atom stereocenters. The molecule has 0 N–H and O–H groups in total. The Morgan fingerprint density at radius 1 is 1.27 bits per heavy atom. The largest absolute Gasteiger partial charge is 0.534 e. The molecule has 3 rings (SSSR count). The van der Waals surface area contributed by atoms with Crippen molar-refractivity contribution >= 4 is 15.9 Å². The van der Waals surface area contributed by atoms with Crippen LogP contribution in [0.4, 0.5) is 13.2 Å². The van der Waals surface area contributed by atoms with E-state index in [1.54, 1.807) is 0 Å². The summed E-state index contributed by atoms with van der Waals surface area (Å²) in [4.78, 5) is 14.7. The number of Topliss-reactive ketones (excluding diaryl/α,β-unsaturated/α-hetero) is 1. The Hall–Kier alpha value is -1.61. The fourth-order valence-corrected chi connectivity index (χ4v) is 4.91. The molecule has 0 aromatic heterocycles. The first-order chi connectivity index (χ1) is 13.8. The van der Waals surface area contributed by atoms with Gasteiger partial charge < -0.3 is 9.08 Å². The van der Waals surface area contributed by atoms with Crippen LogP contribution in [0.3, 0.4) is 0 Å². The maximum Gasteiger partial charge on any atom is 0.534 e. The lowest BCUT2D eigenvalue weighted by molar-refractivity contribution is -0.0500. The van der Waals surface area contributed by atoms with Gasteiger partial charge in [0.1, 0.15) is 5.75 Å². The van der Waals surface area contributed by atoms with Crippen LogP contribution in [0, 0.1) is 11.8 Å². The van der Waals surface area contributed by atoms with E-state index in [1.165, 1.54) is 31.9 Å². The number of hydrogen-bond acceptors (Lipinski definition) is 5. The minimum Gasteiger partial charge on any atom is -0.376 e. The first kappa shape index (κ1) is 23.1. The van der Waals surface area contributed by atoms with Crippen LogP contribution in [0.25, 0.3) is 0 Å². The maximum absolute atomic E-state index is 12.8. The van der Waals surface area contributed by atoms with E-state index >= 15 is 0 Å². The van der Waals surface area contributed by atoms with Crippen molar-refractivity contribution in [3.63, 3.8) is 0 Å². The van der Waals surface area contributed by atoms with E-state index in [1.807, 2.05) is 6.92 Å². The van der Waals surface area contributed by atoms with E-state index in [0.717, 1.165) is 25.1 Å². The molecule has 0 bridgehead atoms.